The molecule has 0 radical (unpaired) electrons. The van der Waals surface area contributed by atoms with Gasteiger partial charge in [-0.3, -0.25) is 4.79 Å². The number of carbonyl (C=O) groups is 1. The second-order valence-electron chi connectivity index (χ2n) is 3.94. The lowest BCUT2D eigenvalue weighted by molar-refractivity contribution is -0.111. The highest BCUT2D eigenvalue weighted by atomic mass is 35.5. The summed E-state index contributed by atoms with van der Waals surface area (Å²) in [7, 11) is 0. The maximum atomic E-state index is 11.4. The van der Waals surface area contributed by atoms with E-state index in [1.165, 1.54) is 6.08 Å². The molecule has 0 unspecified atom stereocenters. The van der Waals surface area contributed by atoms with Gasteiger partial charge in [0.15, 0.2) is 0 Å². The molecule has 5 heteroatoms. The molecule has 0 aliphatic heterocycles. The molecule has 4 nitrogen and oxygen atoms in total. The maximum absolute atomic E-state index is 11.4. The van der Waals surface area contributed by atoms with Crippen molar-refractivity contribution in [1.29, 1.82) is 0 Å². The van der Waals surface area contributed by atoms with Crippen molar-refractivity contribution in [2.45, 2.75) is 20.0 Å². The molecule has 3 N–H and O–H groups in total. The van der Waals surface area contributed by atoms with Crippen LogP contribution in [0.2, 0.25) is 5.02 Å². The minimum atomic E-state index is -0.242. The highest BCUT2D eigenvalue weighted by Crippen LogP contribution is 2.28. The van der Waals surface area contributed by atoms with Crippen LogP contribution in [0.5, 0.6) is 5.75 Å². The summed E-state index contributed by atoms with van der Waals surface area (Å²) in [6, 6.07) is 5.11. The molecule has 0 aromatic heterocycles. The van der Waals surface area contributed by atoms with Crippen molar-refractivity contribution >= 4 is 23.2 Å². The van der Waals surface area contributed by atoms with E-state index in [1.807, 2.05) is 13.8 Å². The number of rotatable bonds is 5. The van der Waals surface area contributed by atoms with Gasteiger partial charge in [-0.15, -0.1) is 0 Å². The fraction of sp³-hybridized carbons (Fsp3) is 0.308. The summed E-state index contributed by atoms with van der Waals surface area (Å²) in [5.41, 5.74) is 5.87. The van der Waals surface area contributed by atoms with Crippen molar-refractivity contribution in [1.82, 2.24) is 0 Å². The number of amides is 1. The summed E-state index contributed by atoms with van der Waals surface area (Å²) in [6.07, 6.45) is 3.01. The molecule has 1 aromatic carbocycles. The molecule has 0 aliphatic carbocycles. The predicted octanol–water partition coefficient (Wildman–Crippen LogP) is 2.58. The van der Waals surface area contributed by atoms with Crippen LogP contribution in [-0.2, 0) is 4.79 Å². The van der Waals surface area contributed by atoms with E-state index in [2.05, 4.69) is 5.32 Å². The number of hydrogen-bond donors (Lipinski definition) is 2. The van der Waals surface area contributed by atoms with Gasteiger partial charge >= 0.3 is 0 Å². The highest BCUT2D eigenvalue weighted by molar-refractivity contribution is 6.32. The number of hydrogen-bond acceptors (Lipinski definition) is 3. The fourth-order valence-electron chi connectivity index (χ4n) is 1.29. The number of halogens is 1. The van der Waals surface area contributed by atoms with Crippen LogP contribution in [0.3, 0.4) is 0 Å². The molecule has 1 amide bonds. The number of carbonyl (C=O) groups excluding carboxylic acids is 1. The number of benzene rings is 1. The summed E-state index contributed by atoms with van der Waals surface area (Å²) in [4.78, 5) is 11.4. The number of nitrogens with one attached hydrogen (secondary N) is 1. The van der Waals surface area contributed by atoms with Crippen molar-refractivity contribution in [2.24, 2.45) is 5.73 Å². The van der Waals surface area contributed by atoms with Gasteiger partial charge in [0.1, 0.15) is 5.75 Å². The zero-order valence-electron chi connectivity index (χ0n) is 10.4. The van der Waals surface area contributed by atoms with Crippen LogP contribution in [0.1, 0.15) is 13.8 Å². The maximum Gasteiger partial charge on any atom is 0.248 e. The molecule has 0 saturated carbocycles. The quantitative estimate of drug-likeness (QED) is 0.807. The fourth-order valence-corrected chi connectivity index (χ4v) is 1.51. The molecule has 0 aliphatic rings. The molecule has 0 spiro atoms. The van der Waals surface area contributed by atoms with Crippen molar-refractivity contribution < 1.29 is 9.53 Å². The van der Waals surface area contributed by atoms with E-state index in [9.17, 15) is 4.79 Å². The van der Waals surface area contributed by atoms with Gasteiger partial charge in [0.25, 0.3) is 0 Å². The van der Waals surface area contributed by atoms with Gasteiger partial charge in [-0.25, -0.2) is 0 Å². The van der Waals surface area contributed by atoms with Gasteiger partial charge in [-0.1, -0.05) is 17.7 Å². The van der Waals surface area contributed by atoms with E-state index < -0.39 is 0 Å². The monoisotopic (exact) mass is 268 g/mol. The van der Waals surface area contributed by atoms with Gasteiger partial charge < -0.3 is 15.8 Å². The topological polar surface area (TPSA) is 64.3 Å². The highest BCUT2D eigenvalue weighted by Gasteiger charge is 2.06. The zero-order chi connectivity index (χ0) is 13.5. The van der Waals surface area contributed by atoms with Gasteiger partial charge in [0.05, 0.1) is 11.1 Å². The smallest absolute Gasteiger partial charge is 0.248 e. The summed E-state index contributed by atoms with van der Waals surface area (Å²) < 4.78 is 5.49. The Morgan fingerprint density at radius 3 is 2.83 bits per heavy atom. The second-order valence-corrected chi connectivity index (χ2v) is 4.35. The summed E-state index contributed by atoms with van der Waals surface area (Å²) >= 11 is 6.05. The normalized spacial score (nSPS) is 10.9. The van der Waals surface area contributed by atoms with Crippen LogP contribution < -0.4 is 15.8 Å². The van der Waals surface area contributed by atoms with Crippen LogP contribution in [0, 0.1) is 0 Å². The Labute approximate surface area is 112 Å². The average molecular weight is 269 g/mol. The summed E-state index contributed by atoms with van der Waals surface area (Å²) in [5.74, 6) is 0.358. The minimum absolute atomic E-state index is 0.0513. The van der Waals surface area contributed by atoms with Gasteiger partial charge in [-0.05, 0) is 32.0 Å². The number of anilines is 1. The molecule has 0 fully saturated rings. The van der Waals surface area contributed by atoms with Gasteiger partial charge in [0, 0.05) is 18.3 Å². The number of ether oxygens (including phenoxy) is 1. The van der Waals surface area contributed by atoms with Gasteiger partial charge in [-0.2, -0.15) is 0 Å². The first-order valence-electron chi connectivity index (χ1n) is 5.66. The van der Waals surface area contributed by atoms with Crippen molar-refractivity contribution in [2.75, 3.05) is 11.9 Å². The van der Waals surface area contributed by atoms with E-state index in [4.69, 9.17) is 22.1 Å². The molecule has 98 valence electrons. The van der Waals surface area contributed by atoms with Crippen LogP contribution in [0.4, 0.5) is 5.69 Å². The largest absolute Gasteiger partial charge is 0.489 e. The van der Waals surface area contributed by atoms with Crippen LogP contribution >= 0.6 is 11.6 Å². The van der Waals surface area contributed by atoms with E-state index in [-0.39, 0.29) is 12.0 Å². The first kappa shape index (κ1) is 14.5. The van der Waals surface area contributed by atoms with E-state index >= 15 is 0 Å². The predicted molar refractivity (Wildman–Crippen MR) is 74.0 cm³/mol. The molecule has 0 saturated heterocycles. The van der Waals surface area contributed by atoms with Gasteiger partial charge in [0.2, 0.25) is 5.91 Å². The lowest BCUT2D eigenvalue weighted by atomic mass is 10.3. The molecule has 0 atom stereocenters. The zero-order valence-corrected chi connectivity index (χ0v) is 11.2. The summed E-state index contributed by atoms with van der Waals surface area (Å²) in [6.45, 7) is 4.17. The van der Waals surface area contributed by atoms with E-state index in [0.29, 0.717) is 23.0 Å². The Balaban J connectivity index is 2.72. The first-order valence-corrected chi connectivity index (χ1v) is 6.04. The Morgan fingerprint density at radius 1 is 1.56 bits per heavy atom. The van der Waals surface area contributed by atoms with Crippen LogP contribution in [-0.4, -0.2) is 18.6 Å². The Hall–Kier alpha value is -1.52. The molecule has 0 heterocycles. The third-order valence-electron chi connectivity index (χ3n) is 1.97. The van der Waals surface area contributed by atoms with Crippen molar-refractivity contribution in [3.63, 3.8) is 0 Å². The first-order chi connectivity index (χ1) is 8.52. The van der Waals surface area contributed by atoms with Crippen molar-refractivity contribution in [3.05, 3.63) is 35.4 Å². The van der Waals surface area contributed by atoms with E-state index in [1.54, 1.807) is 24.3 Å². The molecule has 1 aromatic rings. The molecular weight excluding hydrogens is 252 g/mol. The molecule has 18 heavy (non-hydrogen) atoms. The second kappa shape index (κ2) is 7.03. The lowest BCUT2D eigenvalue weighted by Crippen LogP contribution is -2.09. The lowest BCUT2D eigenvalue weighted by Gasteiger charge is -2.12. The Kier molecular flexibility index (Phi) is 5.68. The van der Waals surface area contributed by atoms with Crippen LogP contribution in [0.15, 0.2) is 30.4 Å². The van der Waals surface area contributed by atoms with E-state index in [0.717, 1.165) is 0 Å². The standard InChI is InChI=1S/C13H17ClN2O2/c1-9(2)18-12-6-5-10(8-11(12)14)16-13(17)4-3-7-15/h3-6,8-9H,7,15H2,1-2H3,(H,16,17)/b4-3+. The molecule has 1 rings (SSSR count). The molecule has 0 bridgehead atoms. The third-order valence-corrected chi connectivity index (χ3v) is 2.26. The summed E-state index contributed by atoms with van der Waals surface area (Å²) in [5, 5.41) is 3.14. The molecular formula is C13H17ClN2O2. The minimum Gasteiger partial charge on any atom is -0.489 e. The Morgan fingerprint density at radius 2 is 2.28 bits per heavy atom. The SMILES string of the molecule is CC(C)Oc1ccc(NC(=O)/C=C/CN)cc1Cl. The number of nitrogens with two attached hydrogens (primary N) is 1. The average Bonchev–Trinajstić information content (AvgIpc) is 2.29. The van der Waals surface area contributed by atoms with Crippen molar-refractivity contribution in [3.8, 4) is 5.75 Å². The van der Waals surface area contributed by atoms with Crippen LogP contribution in [0.25, 0.3) is 0 Å². The third kappa shape index (κ3) is 4.77. The Bertz CT molecular complexity index is 445.